The van der Waals surface area contributed by atoms with Crippen LogP contribution >= 0.6 is 0 Å². The van der Waals surface area contributed by atoms with Gasteiger partial charge in [0.05, 0.1) is 6.61 Å². The van der Waals surface area contributed by atoms with Gasteiger partial charge in [0.2, 0.25) is 5.60 Å². The van der Waals surface area contributed by atoms with Crippen LogP contribution in [-0.2, 0) is 4.74 Å². The monoisotopic (exact) mass is 270 g/mol. The molecule has 1 aliphatic rings. The average Bonchev–Trinajstić information content (AvgIpc) is 2.64. The summed E-state index contributed by atoms with van der Waals surface area (Å²) in [4.78, 5) is 15.0. The van der Waals surface area contributed by atoms with Gasteiger partial charge in [0, 0.05) is 6.20 Å². The second kappa shape index (κ2) is 4.58. The Morgan fingerprint density at radius 1 is 1.74 bits per heavy atom. The van der Waals surface area contributed by atoms with Crippen molar-refractivity contribution in [2.75, 3.05) is 12.3 Å². The van der Waals surface area contributed by atoms with E-state index in [1.54, 1.807) is 0 Å². The van der Waals surface area contributed by atoms with Crippen LogP contribution in [0.3, 0.4) is 0 Å². The van der Waals surface area contributed by atoms with Crippen LogP contribution < -0.4 is 11.4 Å². The molecule has 0 radical (unpaired) electrons. The zero-order valence-electron chi connectivity index (χ0n) is 9.60. The van der Waals surface area contributed by atoms with Gasteiger partial charge in [0.25, 0.3) is 0 Å². The fraction of sp³-hybridized carbons (Fsp3) is 0.500. The van der Waals surface area contributed by atoms with E-state index in [0.717, 1.165) is 10.8 Å². The normalized spacial score (nSPS) is 34.1. The van der Waals surface area contributed by atoms with E-state index in [-0.39, 0.29) is 5.82 Å². The first-order valence-electron chi connectivity index (χ1n) is 5.32. The van der Waals surface area contributed by atoms with Gasteiger partial charge >= 0.3 is 5.69 Å². The van der Waals surface area contributed by atoms with Crippen LogP contribution in [0.25, 0.3) is 0 Å². The number of nitrogen functional groups attached to an aromatic ring is 1. The van der Waals surface area contributed by atoms with Gasteiger partial charge in [0.15, 0.2) is 12.4 Å². The summed E-state index contributed by atoms with van der Waals surface area (Å²) in [5, 5.41) is 27.6. The van der Waals surface area contributed by atoms with E-state index in [9.17, 15) is 14.3 Å². The summed E-state index contributed by atoms with van der Waals surface area (Å²) in [6.07, 6.45) is -4.35. The zero-order valence-corrected chi connectivity index (χ0v) is 9.60. The van der Waals surface area contributed by atoms with Crippen molar-refractivity contribution in [1.29, 1.82) is 5.26 Å². The summed E-state index contributed by atoms with van der Waals surface area (Å²) in [6.45, 7) is -0.904. The SMILES string of the molecule is N#C[C@]1(CO)O[C@@H](n2ccc(N)nc2=O)[C@@H](F)[C@@H]1O. The van der Waals surface area contributed by atoms with E-state index in [1.165, 1.54) is 12.1 Å². The lowest BCUT2D eigenvalue weighted by Crippen LogP contribution is -2.44. The first-order valence-corrected chi connectivity index (χ1v) is 5.32. The summed E-state index contributed by atoms with van der Waals surface area (Å²) in [5.74, 6) is -0.0519. The summed E-state index contributed by atoms with van der Waals surface area (Å²) < 4.78 is 19.7. The molecule has 0 aromatic carbocycles. The predicted octanol–water partition coefficient (Wildman–Crippen LogP) is -1.69. The lowest BCUT2D eigenvalue weighted by atomic mass is 9.99. The van der Waals surface area contributed by atoms with E-state index < -0.39 is 36.4 Å². The Labute approximate surface area is 106 Å². The second-order valence-corrected chi connectivity index (χ2v) is 4.10. The van der Waals surface area contributed by atoms with Crippen molar-refractivity contribution in [3.63, 3.8) is 0 Å². The Morgan fingerprint density at radius 3 is 2.89 bits per heavy atom. The number of alkyl halides is 1. The van der Waals surface area contributed by atoms with Crippen molar-refractivity contribution >= 4 is 5.82 Å². The van der Waals surface area contributed by atoms with Crippen molar-refractivity contribution < 1.29 is 19.3 Å². The van der Waals surface area contributed by atoms with Crippen molar-refractivity contribution in [3.8, 4) is 6.07 Å². The minimum atomic E-state index is -2.11. The Morgan fingerprint density at radius 2 is 2.42 bits per heavy atom. The quantitative estimate of drug-likeness (QED) is 0.583. The summed E-state index contributed by atoms with van der Waals surface area (Å²) >= 11 is 0. The van der Waals surface area contributed by atoms with Gasteiger partial charge < -0.3 is 20.7 Å². The van der Waals surface area contributed by atoms with Gasteiger partial charge in [-0.15, -0.1) is 0 Å². The maximum atomic E-state index is 14.0. The van der Waals surface area contributed by atoms with Gasteiger partial charge in [-0.2, -0.15) is 10.2 Å². The van der Waals surface area contributed by atoms with E-state index in [2.05, 4.69) is 4.98 Å². The van der Waals surface area contributed by atoms with Crippen LogP contribution in [0, 0.1) is 11.3 Å². The molecule has 1 saturated heterocycles. The molecule has 0 aliphatic carbocycles. The Hall–Kier alpha value is -2.02. The molecule has 2 heterocycles. The third-order valence-corrected chi connectivity index (χ3v) is 2.93. The molecule has 1 aromatic heterocycles. The molecule has 9 heteroatoms. The molecule has 1 aliphatic heterocycles. The molecule has 2 rings (SSSR count). The van der Waals surface area contributed by atoms with Crippen molar-refractivity contribution in [2.45, 2.75) is 24.1 Å². The van der Waals surface area contributed by atoms with Crippen molar-refractivity contribution in [1.82, 2.24) is 9.55 Å². The number of aromatic nitrogens is 2. The molecular formula is C10H11FN4O4. The molecule has 0 bridgehead atoms. The largest absolute Gasteiger partial charge is 0.392 e. The first-order chi connectivity index (χ1) is 8.95. The van der Waals surface area contributed by atoms with Crippen LogP contribution in [0.2, 0.25) is 0 Å². The van der Waals surface area contributed by atoms with Crippen molar-refractivity contribution in [3.05, 3.63) is 22.7 Å². The third kappa shape index (κ3) is 1.95. The number of nitrogens with two attached hydrogens (primary N) is 1. The highest BCUT2D eigenvalue weighted by Gasteiger charge is 2.56. The predicted molar refractivity (Wildman–Crippen MR) is 59.4 cm³/mol. The molecule has 4 atom stereocenters. The number of halogens is 1. The number of rotatable bonds is 2. The fourth-order valence-electron chi connectivity index (χ4n) is 1.85. The van der Waals surface area contributed by atoms with Gasteiger partial charge in [-0.1, -0.05) is 0 Å². The Kier molecular flexibility index (Phi) is 3.23. The average molecular weight is 270 g/mol. The second-order valence-electron chi connectivity index (χ2n) is 4.10. The molecule has 0 spiro atoms. The van der Waals surface area contributed by atoms with Gasteiger partial charge in [-0.25, -0.2) is 9.18 Å². The number of nitrogens with zero attached hydrogens (tertiary/aromatic N) is 3. The van der Waals surface area contributed by atoms with Crippen LogP contribution in [0.15, 0.2) is 17.1 Å². The number of nitriles is 1. The molecule has 8 nitrogen and oxygen atoms in total. The van der Waals surface area contributed by atoms with Gasteiger partial charge in [-0.3, -0.25) is 4.57 Å². The Balaban J connectivity index is 2.43. The third-order valence-electron chi connectivity index (χ3n) is 2.93. The Bertz CT molecular complexity index is 586. The zero-order chi connectivity index (χ0) is 14.2. The highest BCUT2D eigenvalue weighted by atomic mass is 19.1. The highest BCUT2D eigenvalue weighted by molar-refractivity contribution is 5.24. The lowest BCUT2D eigenvalue weighted by molar-refractivity contribution is -0.0935. The number of ether oxygens (including phenoxy) is 1. The molecular weight excluding hydrogens is 259 g/mol. The summed E-state index contributed by atoms with van der Waals surface area (Å²) in [7, 11) is 0. The van der Waals surface area contributed by atoms with Crippen LogP contribution in [-0.4, -0.2) is 44.2 Å². The molecule has 0 unspecified atom stereocenters. The van der Waals surface area contributed by atoms with E-state index in [0.29, 0.717) is 0 Å². The number of hydrogen-bond donors (Lipinski definition) is 3. The molecule has 102 valence electrons. The number of aliphatic hydroxyl groups excluding tert-OH is 2. The van der Waals surface area contributed by atoms with Gasteiger partial charge in [0.1, 0.15) is 18.0 Å². The molecule has 0 saturated carbocycles. The van der Waals surface area contributed by atoms with E-state index in [4.69, 9.17) is 20.8 Å². The topological polar surface area (TPSA) is 134 Å². The van der Waals surface area contributed by atoms with E-state index in [1.807, 2.05) is 0 Å². The first kappa shape index (κ1) is 13.4. The number of aliphatic hydroxyl groups is 2. The lowest BCUT2D eigenvalue weighted by Gasteiger charge is -2.21. The molecule has 0 amide bonds. The van der Waals surface area contributed by atoms with Crippen molar-refractivity contribution in [2.24, 2.45) is 0 Å². The standard InChI is InChI=1S/C10H11FN4O4/c11-6-7(17)10(3-12,4-16)19-8(6)15-2-1-5(13)14-9(15)18/h1-2,6-8,16-17H,4H2,(H2,13,14,18)/t6-,7-,8+,10+/m0/s1. The summed E-state index contributed by atoms with van der Waals surface area (Å²) in [6, 6.07) is 2.76. The smallest absolute Gasteiger partial charge is 0.351 e. The van der Waals surface area contributed by atoms with Gasteiger partial charge in [-0.05, 0) is 6.07 Å². The highest BCUT2D eigenvalue weighted by Crippen LogP contribution is 2.37. The molecule has 1 aromatic rings. The van der Waals surface area contributed by atoms with E-state index >= 15 is 0 Å². The number of hydrogen-bond acceptors (Lipinski definition) is 7. The van der Waals surface area contributed by atoms with Crippen LogP contribution in [0.5, 0.6) is 0 Å². The minimum Gasteiger partial charge on any atom is -0.392 e. The van der Waals surface area contributed by atoms with Crippen LogP contribution in [0.1, 0.15) is 6.23 Å². The maximum Gasteiger partial charge on any atom is 0.351 e. The maximum absolute atomic E-state index is 14.0. The number of anilines is 1. The fourth-order valence-corrected chi connectivity index (χ4v) is 1.85. The molecule has 4 N–H and O–H groups in total. The van der Waals surface area contributed by atoms with Crippen LogP contribution in [0.4, 0.5) is 10.2 Å². The minimum absolute atomic E-state index is 0.0519. The molecule has 1 fully saturated rings. The molecule has 19 heavy (non-hydrogen) atoms. The summed E-state index contributed by atoms with van der Waals surface area (Å²) in [5.41, 5.74) is 2.30.